The molecule has 0 saturated heterocycles. The third kappa shape index (κ3) is 1.75. The van der Waals surface area contributed by atoms with Crippen molar-refractivity contribution in [2.45, 2.75) is 31.6 Å². The molecule has 0 aromatic carbocycles. The van der Waals surface area contributed by atoms with Crippen molar-refractivity contribution in [3.63, 3.8) is 0 Å². The molecule has 2 heteroatoms. The van der Waals surface area contributed by atoms with Crippen LogP contribution < -0.4 is 0 Å². The van der Waals surface area contributed by atoms with E-state index in [-0.39, 0.29) is 0 Å². The SMILES string of the molecule is OC1=CCCC=C1c1ccc(C2CC2)nc1. The molecule has 1 aromatic rings. The summed E-state index contributed by atoms with van der Waals surface area (Å²) in [5, 5.41) is 9.78. The second-order valence-corrected chi connectivity index (χ2v) is 4.53. The first kappa shape index (κ1) is 9.64. The molecule has 2 nitrogen and oxygen atoms in total. The molecule has 0 aliphatic heterocycles. The number of hydrogen-bond donors (Lipinski definition) is 1. The van der Waals surface area contributed by atoms with Gasteiger partial charge < -0.3 is 5.11 Å². The zero-order valence-corrected chi connectivity index (χ0v) is 9.19. The fraction of sp³-hybridized carbons (Fsp3) is 0.357. The fourth-order valence-corrected chi connectivity index (χ4v) is 2.11. The molecule has 1 fully saturated rings. The standard InChI is InChI=1S/C14H15NO/c16-14-4-2-1-3-12(14)11-7-8-13(15-9-11)10-5-6-10/h3-4,7-10,16H,1-2,5-6H2. The normalized spacial score (nSPS) is 20.2. The number of nitrogens with zero attached hydrogens (tertiary/aromatic N) is 1. The summed E-state index contributed by atoms with van der Waals surface area (Å²) in [6.07, 6.45) is 10.3. The van der Waals surface area contributed by atoms with E-state index in [1.54, 1.807) is 0 Å². The van der Waals surface area contributed by atoms with Crippen LogP contribution in [0.1, 0.15) is 42.9 Å². The molecule has 82 valence electrons. The summed E-state index contributed by atoms with van der Waals surface area (Å²) in [6, 6.07) is 4.16. The van der Waals surface area contributed by atoms with Gasteiger partial charge in [0, 0.05) is 28.9 Å². The van der Waals surface area contributed by atoms with Crippen molar-refractivity contribution in [2.24, 2.45) is 0 Å². The van der Waals surface area contributed by atoms with Crippen LogP contribution in [0.3, 0.4) is 0 Å². The van der Waals surface area contributed by atoms with Crippen molar-refractivity contribution < 1.29 is 5.11 Å². The van der Waals surface area contributed by atoms with E-state index < -0.39 is 0 Å². The summed E-state index contributed by atoms with van der Waals surface area (Å²) in [5.41, 5.74) is 3.16. The lowest BCUT2D eigenvalue weighted by Gasteiger charge is -2.11. The highest BCUT2D eigenvalue weighted by atomic mass is 16.3. The summed E-state index contributed by atoms with van der Waals surface area (Å²) in [5.74, 6) is 1.09. The van der Waals surface area contributed by atoms with Gasteiger partial charge in [-0.2, -0.15) is 0 Å². The van der Waals surface area contributed by atoms with Crippen molar-refractivity contribution in [3.8, 4) is 0 Å². The van der Waals surface area contributed by atoms with Crippen molar-refractivity contribution in [3.05, 3.63) is 47.5 Å². The van der Waals surface area contributed by atoms with Crippen LogP contribution in [0.5, 0.6) is 0 Å². The molecule has 0 spiro atoms. The third-order valence-corrected chi connectivity index (χ3v) is 3.22. The number of aromatic nitrogens is 1. The zero-order chi connectivity index (χ0) is 11.0. The Bertz CT molecular complexity index is 452. The molecule has 1 saturated carbocycles. The molecule has 0 bridgehead atoms. The molecular formula is C14H15NO. The van der Waals surface area contributed by atoms with E-state index in [1.165, 1.54) is 18.5 Å². The zero-order valence-electron chi connectivity index (χ0n) is 9.19. The van der Waals surface area contributed by atoms with Crippen LogP contribution in [0.15, 0.2) is 36.2 Å². The van der Waals surface area contributed by atoms with Crippen LogP contribution in [0.4, 0.5) is 0 Å². The Morgan fingerprint density at radius 3 is 2.56 bits per heavy atom. The van der Waals surface area contributed by atoms with Gasteiger partial charge in [-0.3, -0.25) is 4.98 Å². The van der Waals surface area contributed by atoms with E-state index in [2.05, 4.69) is 23.2 Å². The van der Waals surface area contributed by atoms with Crippen LogP contribution >= 0.6 is 0 Å². The van der Waals surface area contributed by atoms with E-state index in [0.29, 0.717) is 11.7 Å². The van der Waals surface area contributed by atoms with Crippen LogP contribution in [-0.2, 0) is 0 Å². The number of allylic oxidation sites excluding steroid dienone is 3. The number of hydrogen-bond acceptors (Lipinski definition) is 2. The predicted molar refractivity (Wildman–Crippen MR) is 64.1 cm³/mol. The van der Waals surface area contributed by atoms with Gasteiger partial charge >= 0.3 is 0 Å². The van der Waals surface area contributed by atoms with Crippen molar-refractivity contribution >= 4 is 5.57 Å². The van der Waals surface area contributed by atoms with Gasteiger partial charge in [0.25, 0.3) is 0 Å². The predicted octanol–water partition coefficient (Wildman–Crippen LogP) is 3.58. The molecule has 1 heterocycles. The van der Waals surface area contributed by atoms with Crippen LogP contribution in [0, 0.1) is 0 Å². The highest BCUT2D eigenvalue weighted by molar-refractivity contribution is 5.77. The van der Waals surface area contributed by atoms with Gasteiger partial charge in [0.2, 0.25) is 0 Å². The van der Waals surface area contributed by atoms with Crippen LogP contribution in [0.25, 0.3) is 5.57 Å². The molecule has 2 aliphatic carbocycles. The molecular weight excluding hydrogens is 198 g/mol. The Morgan fingerprint density at radius 1 is 1.12 bits per heavy atom. The highest BCUT2D eigenvalue weighted by Crippen LogP contribution is 2.39. The van der Waals surface area contributed by atoms with Crippen molar-refractivity contribution in [2.75, 3.05) is 0 Å². The number of aliphatic hydroxyl groups is 1. The first-order valence-electron chi connectivity index (χ1n) is 5.90. The first-order chi connectivity index (χ1) is 7.84. The molecule has 3 rings (SSSR count). The summed E-state index contributed by atoms with van der Waals surface area (Å²) in [4.78, 5) is 4.47. The lowest BCUT2D eigenvalue weighted by atomic mass is 9.99. The maximum Gasteiger partial charge on any atom is 0.119 e. The Labute approximate surface area is 95.3 Å². The molecule has 0 atom stereocenters. The van der Waals surface area contributed by atoms with E-state index in [4.69, 9.17) is 0 Å². The largest absolute Gasteiger partial charge is 0.508 e. The maximum atomic E-state index is 9.78. The van der Waals surface area contributed by atoms with Crippen LogP contribution in [0.2, 0.25) is 0 Å². The molecule has 1 aromatic heterocycles. The molecule has 0 unspecified atom stereocenters. The summed E-state index contributed by atoms with van der Waals surface area (Å²) in [6.45, 7) is 0. The van der Waals surface area contributed by atoms with Gasteiger partial charge in [0.1, 0.15) is 5.76 Å². The monoisotopic (exact) mass is 213 g/mol. The smallest absolute Gasteiger partial charge is 0.119 e. The molecule has 0 radical (unpaired) electrons. The Kier molecular flexibility index (Phi) is 2.28. The lowest BCUT2D eigenvalue weighted by Crippen LogP contribution is -1.96. The minimum absolute atomic E-state index is 0.396. The third-order valence-electron chi connectivity index (χ3n) is 3.22. The van der Waals surface area contributed by atoms with E-state index in [1.807, 2.05) is 12.3 Å². The van der Waals surface area contributed by atoms with Crippen molar-refractivity contribution in [1.82, 2.24) is 4.98 Å². The summed E-state index contributed by atoms with van der Waals surface area (Å²) >= 11 is 0. The summed E-state index contributed by atoms with van der Waals surface area (Å²) < 4.78 is 0. The summed E-state index contributed by atoms with van der Waals surface area (Å²) in [7, 11) is 0. The number of aliphatic hydroxyl groups excluding tert-OH is 1. The quantitative estimate of drug-likeness (QED) is 0.814. The van der Waals surface area contributed by atoms with Gasteiger partial charge in [-0.15, -0.1) is 0 Å². The van der Waals surface area contributed by atoms with E-state index in [0.717, 1.165) is 24.0 Å². The first-order valence-corrected chi connectivity index (χ1v) is 5.90. The second-order valence-electron chi connectivity index (χ2n) is 4.53. The van der Waals surface area contributed by atoms with E-state index >= 15 is 0 Å². The Hall–Kier alpha value is -1.57. The maximum absolute atomic E-state index is 9.78. The van der Waals surface area contributed by atoms with Crippen LogP contribution in [-0.4, -0.2) is 10.1 Å². The average Bonchev–Trinajstić information content (AvgIpc) is 3.14. The molecule has 2 aliphatic rings. The number of pyridine rings is 1. The second kappa shape index (κ2) is 3.78. The minimum atomic E-state index is 0.396. The lowest BCUT2D eigenvalue weighted by molar-refractivity contribution is 0.432. The average molecular weight is 213 g/mol. The van der Waals surface area contributed by atoms with Gasteiger partial charge in [-0.25, -0.2) is 0 Å². The molecule has 1 N–H and O–H groups in total. The minimum Gasteiger partial charge on any atom is -0.508 e. The topological polar surface area (TPSA) is 33.1 Å². The van der Waals surface area contributed by atoms with Gasteiger partial charge in [-0.1, -0.05) is 12.1 Å². The van der Waals surface area contributed by atoms with Gasteiger partial charge in [-0.05, 0) is 37.8 Å². The fourth-order valence-electron chi connectivity index (χ4n) is 2.11. The Morgan fingerprint density at radius 2 is 1.94 bits per heavy atom. The van der Waals surface area contributed by atoms with E-state index in [9.17, 15) is 5.11 Å². The van der Waals surface area contributed by atoms with Crippen molar-refractivity contribution in [1.29, 1.82) is 0 Å². The molecule has 16 heavy (non-hydrogen) atoms. The molecule has 0 amide bonds. The number of rotatable bonds is 2. The Balaban J connectivity index is 1.88. The van der Waals surface area contributed by atoms with Gasteiger partial charge in [0.05, 0.1) is 0 Å². The van der Waals surface area contributed by atoms with Gasteiger partial charge in [0.15, 0.2) is 0 Å². The highest BCUT2D eigenvalue weighted by Gasteiger charge is 2.24.